The van der Waals surface area contributed by atoms with Crippen molar-refractivity contribution in [3.63, 3.8) is 0 Å². The number of carbonyl (C=O) groups is 2. The van der Waals surface area contributed by atoms with Gasteiger partial charge in [-0.2, -0.15) is 0 Å². The summed E-state index contributed by atoms with van der Waals surface area (Å²) in [6.07, 6.45) is 4.03. The third-order valence-electron chi connectivity index (χ3n) is 6.27. The summed E-state index contributed by atoms with van der Waals surface area (Å²) in [6.45, 7) is 4.53. The quantitative estimate of drug-likeness (QED) is 0.877. The van der Waals surface area contributed by atoms with E-state index in [1.54, 1.807) is 4.90 Å². The Morgan fingerprint density at radius 3 is 2.38 bits per heavy atom. The van der Waals surface area contributed by atoms with Crippen molar-refractivity contribution in [3.05, 3.63) is 35.6 Å². The predicted molar refractivity (Wildman–Crippen MR) is 96.1 cm³/mol. The summed E-state index contributed by atoms with van der Waals surface area (Å²) in [7, 11) is 0. The summed E-state index contributed by atoms with van der Waals surface area (Å²) in [5.74, 6) is 0.0398. The molecular weight excluding hydrogens is 333 g/mol. The number of rotatable bonds is 2. The van der Waals surface area contributed by atoms with Gasteiger partial charge in [0.2, 0.25) is 5.91 Å². The van der Waals surface area contributed by atoms with E-state index in [2.05, 4.69) is 5.32 Å². The third kappa shape index (κ3) is 3.34. The largest absolute Gasteiger partial charge is 0.341 e. The number of hydrogen-bond donors (Lipinski definition) is 1. The number of carbonyl (C=O) groups excluding carboxylic acids is 2. The molecule has 2 amide bonds. The Bertz CT molecular complexity index is 685. The summed E-state index contributed by atoms with van der Waals surface area (Å²) in [5.41, 5.74) is 0.750. The van der Waals surface area contributed by atoms with Gasteiger partial charge in [-0.25, -0.2) is 4.39 Å². The first-order valence-electron chi connectivity index (χ1n) is 9.63. The molecule has 1 N–H and O–H groups in total. The number of piperidine rings is 1. The molecule has 5 nitrogen and oxygen atoms in total. The van der Waals surface area contributed by atoms with Crippen LogP contribution in [0.4, 0.5) is 4.39 Å². The lowest BCUT2D eigenvalue weighted by atomic mass is 9.91. The average molecular weight is 359 g/mol. The second kappa shape index (κ2) is 6.99. The standard InChI is InChI=1S/C20H26FN3O2/c21-16-4-2-15(3-5-16)18(25)23-10-1-11-24(13-12-23)19(26)17-14-20(17)6-8-22-9-7-20/h2-5,17,22H,1,6-14H2. The molecular formula is C20H26FN3O2. The van der Waals surface area contributed by atoms with Crippen molar-refractivity contribution >= 4 is 11.8 Å². The molecule has 6 heteroatoms. The van der Waals surface area contributed by atoms with Crippen molar-refractivity contribution in [2.75, 3.05) is 39.3 Å². The van der Waals surface area contributed by atoms with Crippen LogP contribution in [0.1, 0.15) is 36.0 Å². The zero-order valence-electron chi connectivity index (χ0n) is 15.0. The van der Waals surface area contributed by atoms with Crippen molar-refractivity contribution < 1.29 is 14.0 Å². The molecule has 2 heterocycles. The van der Waals surface area contributed by atoms with Gasteiger partial charge in [0.15, 0.2) is 0 Å². The number of halogens is 1. The third-order valence-corrected chi connectivity index (χ3v) is 6.27. The van der Waals surface area contributed by atoms with Crippen LogP contribution < -0.4 is 5.32 Å². The van der Waals surface area contributed by atoms with Crippen LogP contribution in [0.3, 0.4) is 0 Å². The van der Waals surface area contributed by atoms with Crippen LogP contribution in [0, 0.1) is 17.2 Å². The molecule has 1 unspecified atom stereocenters. The van der Waals surface area contributed by atoms with E-state index < -0.39 is 0 Å². The van der Waals surface area contributed by atoms with E-state index in [1.165, 1.54) is 24.3 Å². The van der Waals surface area contributed by atoms with Crippen molar-refractivity contribution in [2.24, 2.45) is 11.3 Å². The smallest absolute Gasteiger partial charge is 0.253 e. The molecule has 2 saturated heterocycles. The molecule has 140 valence electrons. The molecule has 0 radical (unpaired) electrons. The van der Waals surface area contributed by atoms with E-state index in [9.17, 15) is 14.0 Å². The highest BCUT2D eigenvalue weighted by Gasteiger charge is 2.58. The van der Waals surface area contributed by atoms with Crippen LogP contribution in [0.2, 0.25) is 0 Å². The monoisotopic (exact) mass is 359 g/mol. The van der Waals surface area contributed by atoms with Gasteiger partial charge in [0.05, 0.1) is 0 Å². The fourth-order valence-electron chi connectivity index (χ4n) is 4.51. The maximum Gasteiger partial charge on any atom is 0.253 e. The Balaban J connectivity index is 1.35. The molecule has 0 aromatic heterocycles. The molecule has 1 saturated carbocycles. The van der Waals surface area contributed by atoms with Crippen LogP contribution >= 0.6 is 0 Å². The molecule has 0 bridgehead atoms. The van der Waals surface area contributed by atoms with Crippen molar-refractivity contribution in [1.29, 1.82) is 0 Å². The number of nitrogens with zero attached hydrogens (tertiary/aromatic N) is 2. The highest BCUT2D eigenvalue weighted by Crippen LogP contribution is 2.59. The molecule has 1 spiro atoms. The SMILES string of the molecule is O=C(c1ccc(F)cc1)N1CCCN(C(=O)C2CC23CCNCC3)CC1. The minimum atomic E-state index is -0.342. The number of nitrogens with one attached hydrogen (secondary N) is 1. The first-order valence-corrected chi connectivity index (χ1v) is 9.63. The zero-order chi connectivity index (χ0) is 18.1. The minimum Gasteiger partial charge on any atom is -0.341 e. The maximum atomic E-state index is 13.1. The fourth-order valence-corrected chi connectivity index (χ4v) is 4.51. The van der Waals surface area contributed by atoms with Crippen LogP contribution in [0.5, 0.6) is 0 Å². The van der Waals surface area contributed by atoms with E-state index >= 15 is 0 Å². The fraction of sp³-hybridized carbons (Fsp3) is 0.600. The Morgan fingerprint density at radius 2 is 1.65 bits per heavy atom. The lowest BCUT2D eigenvalue weighted by Gasteiger charge is -2.26. The van der Waals surface area contributed by atoms with Gasteiger partial charge in [0.25, 0.3) is 5.91 Å². The van der Waals surface area contributed by atoms with Crippen molar-refractivity contribution in [1.82, 2.24) is 15.1 Å². The number of amides is 2. The first kappa shape index (κ1) is 17.5. The van der Waals surface area contributed by atoms with Crippen LogP contribution in [0.25, 0.3) is 0 Å². The van der Waals surface area contributed by atoms with Gasteiger partial charge in [-0.3, -0.25) is 9.59 Å². The second-order valence-electron chi connectivity index (χ2n) is 7.85. The summed E-state index contributed by atoms with van der Waals surface area (Å²) in [4.78, 5) is 29.3. The number of benzene rings is 1. The van der Waals surface area contributed by atoms with E-state index in [-0.39, 0.29) is 29.0 Å². The second-order valence-corrected chi connectivity index (χ2v) is 7.85. The van der Waals surface area contributed by atoms with Crippen LogP contribution in [-0.4, -0.2) is 60.9 Å². The van der Waals surface area contributed by atoms with E-state index in [0.717, 1.165) is 45.3 Å². The van der Waals surface area contributed by atoms with E-state index in [0.29, 0.717) is 25.2 Å². The zero-order valence-corrected chi connectivity index (χ0v) is 15.0. The van der Waals surface area contributed by atoms with Gasteiger partial charge < -0.3 is 15.1 Å². The Morgan fingerprint density at radius 1 is 1.00 bits per heavy atom. The molecule has 1 aromatic carbocycles. The van der Waals surface area contributed by atoms with Gasteiger partial charge >= 0.3 is 0 Å². The maximum absolute atomic E-state index is 13.1. The Labute approximate surface area is 153 Å². The molecule has 1 atom stereocenters. The van der Waals surface area contributed by atoms with Gasteiger partial charge in [0.1, 0.15) is 5.82 Å². The van der Waals surface area contributed by atoms with E-state index in [1.807, 2.05) is 4.90 Å². The lowest BCUT2D eigenvalue weighted by Crippen LogP contribution is -2.39. The van der Waals surface area contributed by atoms with Crippen LogP contribution in [0.15, 0.2) is 24.3 Å². The summed E-state index contributed by atoms with van der Waals surface area (Å²) >= 11 is 0. The Kier molecular flexibility index (Phi) is 4.69. The average Bonchev–Trinajstić information content (AvgIpc) is 3.40. The van der Waals surface area contributed by atoms with Gasteiger partial charge in [-0.1, -0.05) is 0 Å². The summed E-state index contributed by atoms with van der Waals surface area (Å²) in [6, 6.07) is 5.67. The molecule has 2 aliphatic heterocycles. The molecule has 3 aliphatic rings. The molecule has 26 heavy (non-hydrogen) atoms. The lowest BCUT2D eigenvalue weighted by molar-refractivity contribution is -0.133. The molecule has 4 rings (SSSR count). The van der Waals surface area contributed by atoms with Gasteiger partial charge in [-0.05, 0) is 68.5 Å². The number of hydrogen-bond acceptors (Lipinski definition) is 3. The molecule has 3 fully saturated rings. The van der Waals surface area contributed by atoms with Crippen molar-refractivity contribution in [3.8, 4) is 0 Å². The molecule has 1 aliphatic carbocycles. The minimum absolute atomic E-state index is 0.0828. The van der Waals surface area contributed by atoms with E-state index in [4.69, 9.17) is 0 Å². The summed E-state index contributed by atoms with van der Waals surface area (Å²) in [5, 5.41) is 3.37. The predicted octanol–water partition coefficient (Wildman–Crippen LogP) is 1.89. The highest BCUT2D eigenvalue weighted by molar-refractivity contribution is 5.94. The van der Waals surface area contributed by atoms with Crippen molar-refractivity contribution in [2.45, 2.75) is 25.7 Å². The topological polar surface area (TPSA) is 52.7 Å². The normalized spacial score (nSPS) is 25.0. The highest BCUT2D eigenvalue weighted by atomic mass is 19.1. The van der Waals surface area contributed by atoms with Gasteiger partial charge in [-0.15, -0.1) is 0 Å². The Hall–Kier alpha value is -1.95. The first-order chi connectivity index (χ1) is 12.6. The van der Waals surface area contributed by atoms with Crippen LogP contribution in [-0.2, 0) is 4.79 Å². The summed E-state index contributed by atoms with van der Waals surface area (Å²) < 4.78 is 13.1. The van der Waals surface area contributed by atoms with Gasteiger partial charge in [0, 0.05) is 37.7 Å². The molecule has 1 aromatic rings.